The van der Waals surface area contributed by atoms with E-state index < -0.39 is 0 Å². The van der Waals surface area contributed by atoms with E-state index in [1.165, 1.54) is 0 Å². The fourth-order valence-corrected chi connectivity index (χ4v) is 3.63. The maximum Gasteiger partial charge on any atom is 0.255 e. The number of para-hydroxylation sites is 2. The Bertz CT molecular complexity index is 1080. The van der Waals surface area contributed by atoms with Crippen LogP contribution in [0.4, 0.5) is 5.69 Å². The van der Waals surface area contributed by atoms with Crippen LogP contribution in [-0.4, -0.2) is 44.3 Å². The van der Waals surface area contributed by atoms with Crippen molar-refractivity contribution in [1.82, 2.24) is 5.32 Å². The fourth-order valence-electron chi connectivity index (χ4n) is 3.63. The number of anilines is 1. The zero-order valence-corrected chi connectivity index (χ0v) is 18.9. The standard InChI is InChI=1S/C27H28N2O5/c30-26(20-12-14-22(15-13-20)34-18-17-33-21-7-2-1-3-8-21)29-25-11-5-4-10-24(25)27(31)28-19-23-9-6-16-32-23/h1-5,7-8,10-15,23H,6,9,16-19H2,(H,28,31)(H,29,30). The van der Waals surface area contributed by atoms with E-state index >= 15 is 0 Å². The van der Waals surface area contributed by atoms with Crippen molar-refractivity contribution in [3.05, 3.63) is 90.0 Å². The number of hydrogen-bond acceptors (Lipinski definition) is 5. The van der Waals surface area contributed by atoms with E-state index in [-0.39, 0.29) is 17.9 Å². The van der Waals surface area contributed by atoms with Crippen LogP contribution in [0.15, 0.2) is 78.9 Å². The highest BCUT2D eigenvalue weighted by atomic mass is 16.5. The fraction of sp³-hybridized carbons (Fsp3) is 0.259. The molecule has 7 heteroatoms. The van der Waals surface area contributed by atoms with E-state index in [0.29, 0.717) is 42.3 Å². The zero-order chi connectivity index (χ0) is 23.6. The first-order valence-corrected chi connectivity index (χ1v) is 11.4. The van der Waals surface area contributed by atoms with Gasteiger partial charge in [0.1, 0.15) is 24.7 Å². The molecule has 1 saturated heterocycles. The molecule has 7 nitrogen and oxygen atoms in total. The lowest BCUT2D eigenvalue weighted by molar-refractivity contribution is 0.0858. The highest BCUT2D eigenvalue weighted by molar-refractivity contribution is 6.09. The molecule has 0 saturated carbocycles. The van der Waals surface area contributed by atoms with Crippen LogP contribution in [0.3, 0.4) is 0 Å². The molecule has 4 rings (SSSR count). The van der Waals surface area contributed by atoms with Crippen molar-refractivity contribution in [2.75, 3.05) is 31.7 Å². The third-order valence-electron chi connectivity index (χ3n) is 5.41. The lowest BCUT2D eigenvalue weighted by atomic mass is 10.1. The van der Waals surface area contributed by atoms with Crippen molar-refractivity contribution < 1.29 is 23.8 Å². The maximum atomic E-state index is 12.8. The predicted molar refractivity (Wildman–Crippen MR) is 130 cm³/mol. The number of amides is 2. The molecule has 34 heavy (non-hydrogen) atoms. The summed E-state index contributed by atoms with van der Waals surface area (Å²) in [6, 6.07) is 23.3. The molecule has 1 aliphatic heterocycles. The van der Waals surface area contributed by atoms with Crippen LogP contribution >= 0.6 is 0 Å². The van der Waals surface area contributed by atoms with Gasteiger partial charge in [0.2, 0.25) is 0 Å². The Morgan fingerprint density at radius 1 is 0.824 bits per heavy atom. The first-order valence-electron chi connectivity index (χ1n) is 11.4. The molecule has 2 amide bonds. The minimum atomic E-state index is -0.307. The SMILES string of the molecule is O=C(Nc1ccccc1C(=O)NCC1CCCO1)c1ccc(OCCOc2ccccc2)cc1. The van der Waals surface area contributed by atoms with E-state index in [1.54, 1.807) is 48.5 Å². The zero-order valence-electron chi connectivity index (χ0n) is 18.9. The smallest absolute Gasteiger partial charge is 0.255 e. The van der Waals surface area contributed by atoms with Gasteiger partial charge in [0.15, 0.2) is 0 Å². The van der Waals surface area contributed by atoms with E-state index in [0.717, 1.165) is 25.2 Å². The summed E-state index contributed by atoms with van der Waals surface area (Å²) in [7, 11) is 0. The molecule has 3 aromatic carbocycles. The van der Waals surface area contributed by atoms with Gasteiger partial charge < -0.3 is 24.8 Å². The molecule has 1 aliphatic rings. The Hall–Kier alpha value is -3.84. The number of nitrogens with one attached hydrogen (secondary N) is 2. The van der Waals surface area contributed by atoms with Crippen molar-refractivity contribution in [2.24, 2.45) is 0 Å². The summed E-state index contributed by atoms with van der Waals surface area (Å²) < 4.78 is 16.8. The third-order valence-corrected chi connectivity index (χ3v) is 5.41. The van der Waals surface area contributed by atoms with Crippen LogP contribution in [-0.2, 0) is 4.74 Å². The van der Waals surface area contributed by atoms with Crippen LogP contribution in [0.25, 0.3) is 0 Å². The molecular weight excluding hydrogens is 432 g/mol. The molecule has 2 N–H and O–H groups in total. The van der Waals surface area contributed by atoms with Crippen molar-refractivity contribution >= 4 is 17.5 Å². The van der Waals surface area contributed by atoms with Gasteiger partial charge >= 0.3 is 0 Å². The lowest BCUT2D eigenvalue weighted by Crippen LogP contribution is -2.32. The lowest BCUT2D eigenvalue weighted by Gasteiger charge is -2.14. The van der Waals surface area contributed by atoms with Crippen LogP contribution < -0.4 is 20.1 Å². The Labute approximate surface area is 199 Å². The monoisotopic (exact) mass is 460 g/mol. The number of benzene rings is 3. The molecule has 1 unspecified atom stereocenters. The molecule has 1 heterocycles. The van der Waals surface area contributed by atoms with Crippen molar-refractivity contribution in [1.29, 1.82) is 0 Å². The van der Waals surface area contributed by atoms with Gasteiger partial charge in [-0.1, -0.05) is 30.3 Å². The Morgan fingerprint density at radius 3 is 2.21 bits per heavy atom. The van der Waals surface area contributed by atoms with Crippen LogP contribution in [0.5, 0.6) is 11.5 Å². The first-order chi connectivity index (χ1) is 16.7. The second kappa shape index (κ2) is 11.9. The van der Waals surface area contributed by atoms with Crippen molar-refractivity contribution in [2.45, 2.75) is 18.9 Å². The van der Waals surface area contributed by atoms with Crippen LogP contribution in [0, 0.1) is 0 Å². The van der Waals surface area contributed by atoms with Gasteiger partial charge in [0, 0.05) is 18.7 Å². The van der Waals surface area contributed by atoms with Crippen LogP contribution in [0.1, 0.15) is 33.6 Å². The summed E-state index contributed by atoms with van der Waals surface area (Å²) in [6.45, 7) is 1.99. The number of carbonyl (C=O) groups excluding carboxylic acids is 2. The topological polar surface area (TPSA) is 85.9 Å². The first kappa shape index (κ1) is 23.3. The molecule has 1 fully saturated rings. The largest absolute Gasteiger partial charge is 0.490 e. The van der Waals surface area contributed by atoms with E-state index in [4.69, 9.17) is 14.2 Å². The van der Waals surface area contributed by atoms with Gasteiger partial charge in [-0.25, -0.2) is 0 Å². The summed E-state index contributed by atoms with van der Waals surface area (Å²) >= 11 is 0. The van der Waals surface area contributed by atoms with Gasteiger partial charge in [-0.3, -0.25) is 9.59 Å². The van der Waals surface area contributed by atoms with Gasteiger partial charge in [-0.2, -0.15) is 0 Å². The second-order valence-electron chi connectivity index (χ2n) is 7.88. The molecule has 0 aromatic heterocycles. The average Bonchev–Trinajstić information content (AvgIpc) is 3.40. The highest BCUT2D eigenvalue weighted by Gasteiger charge is 2.18. The molecule has 0 aliphatic carbocycles. The summed E-state index contributed by atoms with van der Waals surface area (Å²) in [5, 5.41) is 5.73. The molecule has 176 valence electrons. The van der Waals surface area contributed by atoms with Gasteiger partial charge in [-0.15, -0.1) is 0 Å². The number of carbonyl (C=O) groups is 2. The summed E-state index contributed by atoms with van der Waals surface area (Å²) in [5.74, 6) is 0.882. The van der Waals surface area contributed by atoms with Crippen molar-refractivity contribution in [3.63, 3.8) is 0 Å². The third kappa shape index (κ3) is 6.59. The number of ether oxygens (including phenoxy) is 3. The summed E-state index contributed by atoms with van der Waals surface area (Å²) in [6.07, 6.45) is 2.01. The molecule has 3 aromatic rings. The van der Waals surface area contributed by atoms with Gasteiger partial charge in [0.05, 0.1) is 17.4 Å². The maximum absolute atomic E-state index is 12.8. The summed E-state index contributed by atoms with van der Waals surface area (Å²) in [4.78, 5) is 25.4. The number of hydrogen-bond donors (Lipinski definition) is 2. The van der Waals surface area contributed by atoms with Gasteiger partial charge in [-0.05, 0) is 61.4 Å². The quantitative estimate of drug-likeness (QED) is 0.441. The van der Waals surface area contributed by atoms with E-state index in [1.807, 2.05) is 30.3 Å². The minimum absolute atomic E-state index is 0.0522. The predicted octanol–water partition coefficient (Wildman–Crippen LogP) is 4.31. The van der Waals surface area contributed by atoms with Crippen LogP contribution in [0.2, 0.25) is 0 Å². The van der Waals surface area contributed by atoms with E-state index in [9.17, 15) is 9.59 Å². The Balaban J connectivity index is 1.28. The molecule has 0 bridgehead atoms. The average molecular weight is 461 g/mol. The minimum Gasteiger partial charge on any atom is -0.490 e. The number of rotatable bonds is 10. The molecule has 1 atom stereocenters. The van der Waals surface area contributed by atoms with Gasteiger partial charge in [0.25, 0.3) is 11.8 Å². The van der Waals surface area contributed by atoms with Crippen molar-refractivity contribution in [3.8, 4) is 11.5 Å². The molecular formula is C27H28N2O5. The Morgan fingerprint density at radius 2 is 1.50 bits per heavy atom. The second-order valence-corrected chi connectivity index (χ2v) is 7.88. The Kier molecular flexibility index (Phi) is 8.13. The molecule has 0 spiro atoms. The highest BCUT2D eigenvalue weighted by Crippen LogP contribution is 2.19. The van der Waals surface area contributed by atoms with E-state index in [2.05, 4.69) is 10.6 Å². The summed E-state index contributed by atoms with van der Waals surface area (Å²) in [5.41, 5.74) is 1.32. The normalized spacial score (nSPS) is 14.9. The molecule has 0 radical (unpaired) electrons.